The zero-order valence-corrected chi connectivity index (χ0v) is 35.2. The number of rotatable bonds is 10. The van der Waals surface area contributed by atoms with Crippen LogP contribution >= 0.6 is 22.7 Å². The van der Waals surface area contributed by atoms with Crippen LogP contribution in [0.25, 0.3) is 43.7 Å². The molecule has 0 radical (unpaired) electrons. The average molecular weight is 863 g/mol. The van der Waals surface area contributed by atoms with Crippen molar-refractivity contribution < 1.29 is 27.0 Å². The smallest absolute Gasteiger partial charge is 0.240 e. The minimum atomic E-state index is -3.70. The van der Waals surface area contributed by atoms with Crippen LogP contribution in [0.1, 0.15) is 46.8 Å². The molecule has 6 aromatic rings. The summed E-state index contributed by atoms with van der Waals surface area (Å²) in [6, 6.07) is 9.32. The number of anilines is 2. The highest BCUT2D eigenvalue weighted by Crippen LogP contribution is 2.34. The number of hydrogen-bond donors (Lipinski definition) is 6. The van der Waals surface area contributed by atoms with Crippen LogP contribution in [-0.2, 0) is 20.0 Å². The quantitative estimate of drug-likeness (QED) is 0.111. The number of aryl methyl sites for hydroxylation is 4. The van der Waals surface area contributed by atoms with E-state index in [1.54, 1.807) is 61.2 Å². The second-order valence-corrected chi connectivity index (χ2v) is 20.2. The van der Waals surface area contributed by atoms with Gasteiger partial charge in [-0.3, -0.25) is 0 Å². The summed E-state index contributed by atoms with van der Waals surface area (Å²) >= 11 is 2.93. The van der Waals surface area contributed by atoms with Gasteiger partial charge in [0.05, 0.1) is 65.5 Å². The number of thiazole rings is 2. The highest BCUT2D eigenvalue weighted by Gasteiger charge is 2.33. The number of nitrogen functional groups attached to an aromatic ring is 2. The van der Waals surface area contributed by atoms with Crippen LogP contribution in [0.3, 0.4) is 0 Å². The number of aliphatic hydroxyl groups excluding tert-OH is 2. The summed E-state index contributed by atoms with van der Waals surface area (Å²) < 4.78 is 56.2. The molecule has 16 nitrogen and oxygen atoms in total. The monoisotopic (exact) mass is 862 g/mol. The zero-order chi connectivity index (χ0) is 41.5. The van der Waals surface area contributed by atoms with Gasteiger partial charge in [-0.15, -0.1) is 22.7 Å². The van der Waals surface area contributed by atoms with E-state index in [-0.39, 0.29) is 21.9 Å². The lowest BCUT2D eigenvalue weighted by atomic mass is 9.91. The average Bonchev–Trinajstić information content (AvgIpc) is 3.79. The maximum absolute atomic E-state index is 12.7. The molecule has 2 saturated carbocycles. The Morgan fingerprint density at radius 2 is 0.983 bits per heavy atom. The van der Waals surface area contributed by atoms with Gasteiger partial charge in [-0.05, 0) is 88.8 Å². The van der Waals surface area contributed by atoms with Crippen molar-refractivity contribution in [3.05, 3.63) is 82.3 Å². The summed E-state index contributed by atoms with van der Waals surface area (Å²) in [5.41, 5.74) is 17.2. The van der Waals surface area contributed by atoms with Gasteiger partial charge in [0.15, 0.2) is 11.6 Å². The van der Waals surface area contributed by atoms with Gasteiger partial charge in [-0.1, -0.05) is 12.1 Å². The predicted octanol–water partition coefficient (Wildman–Crippen LogP) is 4.54. The first kappa shape index (κ1) is 41.4. The first-order valence-electron chi connectivity index (χ1n) is 18.2. The number of aliphatic hydroxyl groups is 2. The van der Waals surface area contributed by atoms with Crippen LogP contribution in [0.5, 0.6) is 0 Å². The maximum atomic E-state index is 12.7. The number of nitrogens with zero attached hydrogens (tertiary/aromatic N) is 6. The molecule has 0 aliphatic heterocycles. The molecule has 0 amide bonds. The molecule has 2 aliphatic carbocycles. The molecule has 2 aliphatic rings. The zero-order valence-electron chi connectivity index (χ0n) is 31.9. The molecule has 20 heteroatoms. The second kappa shape index (κ2) is 16.5. The molecule has 4 aromatic heterocycles. The lowest BCUT2D eigenvalue weighted by Gasteiger charge is -2.31. The first-order valence-corrected chi connectivity index (χ1v) is 22.8. The van der Waals surface area contributed by atoms with Crippen molar-refractivity contribution in [3.63, 3.8) is 0 Å². The van der Waals surface area contributed by atoms with E-state index in [2.05, 4.69) is 39.3 Å². The summed E-state index contributed by atoms with van der Waals surface area (Å²) in [6.07, 6.45) is 7.34. The Labute approximate surface area is 344 Å². The first-order chi connectivity index (χ1) is 27.5. The minimum Gasteiger partial charge on any atom is -0.393 e. The topological polar surface area (TPSA) is 262 Å². The van der Waals surface area contributed by atoms with E-state index in [4.69, 9.17) is 11.5 Å². The molecule has 0 spiro atoms. The summed E-state index contributed by atoms with van der Waals surface area (Å²) in [4.78, 5) is 28.2. The highest BCUT2D eigenvalue weighted by molar-refractivity contribution is 7.89. The van der Waals surface area contributed by atoms with E-state index in [1.807, 2.05) is 27.7 Å². The number of nitrogens with one attached hydrogen (secondary N) is 2. The summed E-state index contributed by atoms with van der Waals surface area (Å²) in [5.74, 6) is 0.591. The normalized spacial score (nSPS) is 19.1. The third kappa shape index (κ3) is 9.08. The minimum absolute atomic E-state index is 0.147. The van der Waals surface area contributed by atoms with Crippen LogP contribution in [0.15, 0.2) is 71.0 Å². The molecule has 0 unspecified atom stereocenters. The van der Waals surface area contributed by atoms with Crippen molar-refractivity contribution in [2.24, 2.45) is 0 Å². The molecule has 8 rings (SSSR count). The molecular weight excluding hydrogens is 821 g/mol. The second-order valence-electron chi connectivity index (χ2n) is 14.3. The highest BCUT2D eigenvalue weighted by atomic mass is 32.2. The van der Waals surface area contributed by atoms with Crippen LogP contribution < -0.4 is 20.9 Å². The Kier molecular flexibility index (Phi) is 11.7. The SMILES string of the molecule is Cc1ncc(-c2nc(-c3cc(S(=O)(=O)NC4CC(O)C4)ccc3C)cnc2N)s1.Cc1ncc(-c2nc(-c3cc(S(=O)(=O)NC4CC(O)C4)ccc3C)cnc2N)s1. The van der Waals surface area contributed by atoms with Gasteiger partial charge in [-0.25, -0.2) is 56.2 Å². The molecule has 2 aromatic carbocycles. The maximum Gasteiger partial charge on any atom is 0.240 e. The molecular formula is C38H42N10O6S4. The summed E-state index contributed by atoms with van der Waals surface area (Å²) in [7, 11) is -7.40. The fourth-order valence-electron chi connectivity index (χ4n) is 6.39. The van der Waals surface area contributed by atoms with Crippen LogP contribution in [0.2, 0.25) is 0 Å². The summed E-state index contributed by atoms with van der Waals surface area (Å²) in [6.45, 7) is 7.56. The number of aromatic nitrogens is 6. The van der Waals surface area contributed by atoms with Gasteiger partial charge in [0.1, 0.15) is 11.4 Å². The lowest BCUT2D eigenvalue weighted by molar-refractivity contribution is 0.0707. The Balaban J connectivity index is 0.000000177. The lowest BCUT2D eigenvalue weighted by Crippen LogP contribution is -2.46. The van der Waals surface area contributed by atoms with E-state index >= 15 is 0 Å². The number of hydrogen-bond acceptors (Lipinski definition) is 16. The number of benzene rings is 2. The van der Waals surface area contributed by atoms with Crippen molar-refractivity contribution in [2.75, 3.05) is 11.5 Å². The molecule has 0 bridgehead atoms. The molecule has 0 saturated heterocycles. The molecule has 2 fully saturated rings. The van der Waals surface area contributed by atoms with Gasteiger partial charge in [0, 0.05) is 35.6 Å². The third-order valence-corrected chi connectivity index (χ3v) is 14.6. The Morgan fingerprint density at radius 3 is 1.31 bits per heavy atom. The largest absolute Gasteiger partial charge is 0.393 e. The van der Waals surface area contributed by atoms with Gasteiger partial charge in [0.25, 0.3) is 0 Å². The van der Waals surface area contributed by atoms with Crippen molar-refractivity contribution in [3.8, 4) is 43.7 Å². The van der Waals surface area contributed by atoms with Crippen molar-refractivity contribution in [2.45, 2.75) is 87.5 Å². The van der Waals surface area contributed by atoms with E-state index in [0.29, 0.717) is 71.2 Å². The van der Waals surface area contributed by atoms with Gasteiger partial charge in [0.2, 0.25) is 20.0 Å². The summed E-state index contributed by atoms with van der Waals surface area (Å²) in [5, 5.41) is 20.6. The van der Waals surface area contributed by atoms with Crippen molar-refractivity contribution >= 4 is 54.4 Å². The molecule has 8 N–H and O–H groups in total. The van der Waals surface area contributed by atoms with Gasteiger partial charge in [-0.2, -0.15) is 0 Å². The fraction of sp³-hybridized carbons (Fsp3) is 0.316. The van der Waals surface area contributed by atoms with Crippen LogP contribution in [0, 0.1) is 27.7 Å². The van der Waals surface area contributed by atoms with E-state index < -0.39 is 32.3 Å². The molecule has 0 atom stereocenters. The van der Waals surface area contributed by atoms with E-state index in [9.17, 15) is 27.0 Å². The van der Waals surface area contributed by atoms with Crippen LogP contribution in [0.4, 0.5) is 11.6 Å². The predicted molar refractivity (Wildman–Crippen MR) is 224 cm³/mol. The standard InChI is InChI=1S/2C19H21N5O3S2/c2*1-10-3-4-14(29(26,27)24-12-5-13(25)6-12)7-15(10)16-8-22-19(20)18(23-16)17-9-21-11(2)28-17/h2*3-4,7-9,12-13,24-25H,5-6H2,1-2H3,(H2,20,22). The van der Waals surface area contributed by atoms with Crippen molar-refractivity contribution in [1.29, 1.82) is 0 Å². The Morgan fingerprint density at radius 1 is 0.603 bits per heavy atom. The Hall–Kier alpha value is -4.80. The fourth-order valence-corrected chi connectivity index (χ4v) is 10.5. The van der Waals surface area contributed by atoms with Gasteiger partial charge >= 0.3 is 0 Å². The van der Waals surface area contributed by atoms with Crippen LogP contribution in [-0.4, -0.2) is 81.2 Å². The van der Waals surface area contributed by atoms with E-state index in [1.165, 1.54) is 22.7 Å². The third-order valence-electron chi connectivity index (χ3n) is 9.77. The Bertz CT molecular complexity index is 2530. The molecule has 4 heterocycles. The molecule has 304 valence electrons. The number of nitrogens with two attached hydrogens (primary N) is 2. The van der Waals surface area contributed by atoms with E-state index in [0.717, 1.165) is 30.9 Å². The van der Waals surface area contributed by atoms with Gasteiger partial charge < -0.3 is 21.7 Å². The number of sulfonamides is 2. The van der Waals surface area contributed by atoms with Crippen molar-refractivity contribution in [1.82, 2.24) is 39.3 Å². The molecule has 58 heavy (non-hydrogen) atoms.